The predicted molar refractivity (Wildman–Crippen MR) is 232 cm³/mol. The molecule has 8 N–H and O–H groups in total. The standard InChI is InChI=1S/C48H62N2O10/c1-9-11-57-43-31-13-27-21-37(59-25-39(49)45(53)54)23-29(41(27)51)15-33-19-36(48(6,7)8)20-34(44(33)58-12-10-2)16-30-24-38(60-26-40(50)46(55)56)22-28(42(30)52)14-32(43)18-35(17-31)47(3,4)5/h17-24,39-40,51-52H,9-16,25-26,49-50H2,1-8H3,(H,53,54)(H,55,56)/t39-,40-/m0/s1. The molecule has 0 amide bonds. The number of fused-ring (bicyclic) bond motifs is 8. The van der Waals surface area contributed by atoms with Crippen molar-refractivity contribution in [2.75, 3.05) is 26.4 Å². The second-order valence-corrected chi connectivity index (χ2v) is 17.8. The number of nitrogens with two attached hydrogens (primary N) is 2. The van der Waals surface area contributed by atoms with E-state index in [0.29, 0.717) is 58.5 Å². The van der Waals surface area contributed by atoms with E-state index in [9.17, 15) is 30.0 Å². The van der Waals surface area contributed by atoms with Gasteiger partial charge in [-0.2, -0.15) is 0 Å². The molecule has 4 aromatic carbocycles. The number of carboxylic acids is 2. The van der Waals surface area contributed by atoms with Gasteiger partial charge in [0.15, 0.2) is 0 Å². The normalized spacial score (nSPS) is 13.9. The van der Waals surface area contributed by atoms with Crippen LogP contribution in [-0.2, 0) is 46.1 Å². The van der Waals surface area contributed by atoms with E-state index < -0.39 is 24.0 Å². The SMILES string of the molecule is CCCOc1c2cc(C(C)(C)C)cc1Cc1cc(OC[C@H](N)C(=O)O)cc(c1O)Cc1cc(C(C)(C)C)cc(c1OCCC)Cc1cc(OC[C@H](N)C(=O)O)cc(c1O)C2. The van der Waals surface area contributed by atoms with Gasteiger partial charge in [0.05, 0.1) is 13.2 Å². The zero-order chi connectivity index (χ0) is 44.1. The fourth-order valence-corrected chi connectivity index (χ4v) is 7.18. The van der Waals surface area contributed by atoms with Crippen LogP contribution < -0.4 is 30.4 Å². The largest absolute Gasteiger partial charge is 0.507 e. The fraction of sp³-hybridized carbons (Fsp3) is 0.458. The molecule has 0 aromatic heterocycles. The summed E-state index contributed by atoms with van der Waals surface area (Å²) in [5, 5.41) is 43.6. The first kappa shape index (κ1) is 45.6. The van der Waals surface area contributed by atoms with E-state index in [4.69, 9.17) is 30.4 Å². The Morgan fingerprint density at radius 2 is 0.817 bits per heavy atom. The smallest absolute Gasteiger partial charge is 0.324 e. The quantitative estimate of drug-likeness (QED) is 0.0643. The molecule has 12 heteroatoms. The van der Waals surface area contributed by atoms with Gasteiger partial charge >= 0.3 is 11.9 Å². The molecule has 5 rings (SSSR count). The van der Waals surface area contributed by atoms with Gasteiger partial charge in [-0.05, 0) is 81.3 Å². The number of ether oxygens (including phenoxy) is 4. The molecule has 324 valence electrons. The van der Waals surface area contributed by atoms with E-state index in [0.717, 1.165) is 46.2 Å². The lowest BCUT2D eigenvalue weighted by Gasteiger charge is -2.26. The summed E-state index contributed by atoms with van der Waals surface area (Å²) in [7, 11) is 0. The molecule has 0 aliphatic heterocycles. The molecule has 4 aromatic rings. The first-order chi connectivity index (χ1) is 28.2. The fourth-order valence-electron chi connectivity index (χ4n) is 7.18. The first-order valence-corrected chi connectivity index (χ1v) is 20.7. The molecule has 0 saturated heterocycles. The highest BCUT2D eigenvalue weighted by molar-refractivity contribution is 5.73. The Morgan fingerprint density at radius 3 is 1.05 bits per heavy atom. The van der Waals surface area contributed by atoms with E-state index in [1.807, 2.05) is 13.8 Å². The molecule has 0 unspecified atom stereocenters. The summed E-state index contributed by atoms with van der Waals surface area (Å²) in [6.45, 7) is 16.9. The van der Waals surface area contributed by atoms with Crippen molar-refractivity contribution in [3.05, 3.63) is 104 Å². The summed E-state index contributed by atoms with van der Waals surface area (Å²) in [4.78, 5) is 23.4. The third kappa shape index (κ3) is 11.0. The summed E-state index contributed by atoms with van der Waals surface area (Å²) >= 11 is 0. The molecule has 0 saturated carbocycles. The molecule has 1 aliphatic rings. The highest BCUT2D eigenvalue weighted by Gasteiger charge is 2.27. The lowest BCUT2D eigenvalue weighted by Crippen LogP contribution is -2.36. The molecule has 12 nitrogen and oxygen atoms in total. The van der Waals surface area contributed by atoms with Gasteiger partial charge in [0.1, 0.15) is 59.8 Å². The summed E-state index contributed by atoms with van der Waals surface area (Å²) < 4.78 is 25.2. The molecule has 0 spiro atoms. The van der Waals surface area contributed by atoms with E-state index in [1.54, 1.807) is 24.3 Å². The van der Waals surface area contributed by atoms with Crippen LogP contribution in [0.4, 0.5) is 0 Å². The van der Waals surface area contributed by atoms with Gasteiger partial charge in [-0.1, -0.05) is 79.7 Å². The lowest BCUT2D eigenvalue weighted by molar-refractivity contribution is -0.140. The summed E-state index contributed by atoms with van der Waals surface area (Å²) in [6, 6.07) is 12.7. The molecule has 8 bridgehead atoms. The minimum atomic E-state index is -1.26. The number of benzene rings is 4. The summed E-state index contributed by atoms with van der Waals surface area (Å²) in [6.07, 6.45) is 2.32. The van der Waals surface area contributed by atoms with Crippen molar-refractivity contribution in [3.63, 3.8) is 0 Å². The number of rotatable bonds is 14. The number of carbonyl (C=O) groups is 2. The van der Waals surface area contributed by atoms with Gasteiger partial charge in [-0.25, -0.2) is 0 Å². The zero-order valence-corrected chi connectivity index (χ0v) is 36.2. The summed E-state index contributed by atoms with van der Waals surface area (Å²) in [5.41, 5.74) is 18.4. The first-order valence-electron chi connectivity index (χ1n) is 20.7. The number of aromatic hydroxyl groups is 2. The number of phenolic OH excluding ortho intramolecular Hbond substituents is 2. The van der Waals surface area contributed by atoms with Gasteiger partial charge in [-0.15, -0.1) is 0 Å². The number of carboxylic acid groups (broad SMARTS) is 2. The van der Waals surface area contributed by atoms with Crippen LogP contribution in [0.25, 0.3) is 0 Å². The number of hydrogen-bond acceptors (Lipinski definition) is 10. The van der Waals surface area contributed by atoms with E-state index >= 15 is 0 Å². The molecular formula is C48H62N2O10. The number of hydrogen-bond donors (Lipinski definition) is 6. The van der Waals surface area contributed by atoms with Crippen LogP contribution in [0, 0.1) is 0 Å². The third-order valence-corrected chi connectivity index (χ3v) is 10.6. The molecular weight excluding hydrogens is 765 g/mol. The Kier molecular flexibility index (Phi) is 14.3. The second kappa shape index (κ2) is 18.9. The average Bonchev–Trinajstić information content (AvgIpc) is 3.17. The van der Waals surface area contributed by atoms with Crippen LogP contribution in [0.15, 0.2) is 48.5 Å². The Morgan fingerprint density at radius 1 is 0.533 bits per heavy atom. The van der Waals surface area contributed by atoms with Gasteiger partial charge in [0.2, 0.25) is 0 Å². The van der Waals surface area contributed by atoms with Crippen molar-refractivity contribution >= 4 is 11.9 Å². The Balaban J connectivity index is 1.88. The molecule has 0 fully saturated rings. The predicted octanol–water partition coefficient (Wildman–Crippen LogP) is 7.53. The number of aliphatic carboxylic acids is 2. The van der Waals surface area contributed by atoms with Crippen LogP contribution in [0.3, 0.4) is 0 Å². The Hall–Kier alpha value is -5.46. The van der Waals surface area contributed by atoms with Crippen LogP contribution in [0.1, 0.15) is 124 Å². The van der Waals surface area contributed by atoms with E-state index in [-0.39, 0.29) is 61.2 Å². The monoisotopic (exact) mass is 826 g/mol. The van der Waals surface area contributed by atoms with Crippen molar-refractivity contribution < 1.29 is 49.0 Å². The van der Waals surface area contributed by atoms with Crippen molar-refractivity contribution in [2.45, 2.75) is 117 Å². The lowest BCUT2D eigenvalue weighted by atomic mass is 9.81. The maximum absolute atomic E-state index is 12.3. The average molecular weight is 827 g/mol. The number of phenols is 2. The summed E-state index contributed by atoms with van der Waals surface area (Å²) in [5.74, 6) is -0.330. The molecule has 60 heavy (non-hydrogen) atoms. The van der Waals surface area contributed by atoms with Gasteiger partial charge in [0, 0.05) is 47.9 Å². The van der Waals surface area contributed by atoms with Crippen molar-refractivity contribution in [1.29, 1.82) is 0 Å². The maximum atomic E-state index is 12.3. The second-order valence-electron chi connectivity index (χ2n) is 17.8. The van der Waals surface area contributed by atoms with Crippen molar-refractivity contribution in [1.82, 2.24) is 0 Å². The molecule has 0 heterocycles. The van der Waals surface area contributed by atoms with E-state index in [2.05, 4.69) is 65.8 Å². The van der Waals surface area contributed by atoms with Gasteiger partial charge in [-0.3, -0.25) is 9.59 Å². The van der Waals surface area contributed by atoms with Gasteiger partial charge in [0.25, 0.3) is 0 Å². The zero-order valence-electron chi connectivity index (χ0n) is 36.2. The van der Waals surface area contributed by atoms with E-state index in [1.165, 1.54) is 0 Å². The van der Waals surface area contributed by atoms with Crippen LogP contribution >= 0.6 is 0 Å². The highest BCUT2D eigenvalue weighted by Crippen LogP contribution is 2.43. The van der Waals surface area contributed by atoms with Crippen molar-refractivity contribution in [2.24, 2.45) is 11.5 Å². The molecule has 2 atom stereocenters. The molecule has 1 aliphatic carbocycles. The minimum Gasteiger partial charge on any atom is -0.507 e. The topological polar surface area (TPSA) is 204 Å². The minimum absolute atomic E-state index is 0.0644. The Labute approximate surface area is 353 Å². The van der Waals surface area contributed by atoms with Crippen LogP contribution in [-0.4, -0.2) is 70.9 Å². The third-order valence-electron chi connectivity index (χ3n) is 10.6. The molecule has 0 radical (unpaired) electrons. The van der Waals surface area contributed by atoms with Gasteiger partial charge < -0.3 is 50.8 Å². The highest BCUT2D eigenvalue weighted by atomic mass is 16.5. The maximum Gasteiger partial charge on any atom is 0.324 e. The van der Waals surface area contributed by atoms with Crippen LogP contribution in [0.5, 0.6) is 34.5 Å². The van der Waals surface area contributed by atoms with Crippen LogP contribution in [0.2, 0.25) is 0 Å². The van der Waals surface area contributed by atoms with Crippen molar-refractivity contribution in [3.8, 4) is 34.5 Å². The Bertz CT molecular complexity index is 1950.